The summed E-state index contributed by atoms with van der Waals surface area (Å²) in [5.41, 5.74) is 3.67. The van der Waals surface area contributed by atoms with E-state index < -0.39 is 0 Å². The minimum Gasteiger partial charge on any atom is -0.493 e. The number of hydrogen-bond acceptors (Lipinski definition) is 4. The van der Waals surface area contributed by atoms with Crippen LogP contribution in [0.5, 0.6) is 11.5 Å². The van der Waals surface area contributed by atoms with Crippen molar-refractivity contribution in [2.45, 2.75) is 19.9 Å². The first-order chi connectivity index (χ1) is 10.2. The van der Waals surface area contributed by atoms with Gasteiger partial charge in [-0.2, -0.15) is 5.10 Å². The molecule has 122 valence electrons. The Morgan fingerprint density at radius 3 is 2.50 bits per heavy atom. The minimum absolute atomic E-state index is 0. The van der Waals surface area contributed by atoms with Crippen LogP contribution in [-0.2, 0) is 20.0 Å². The number of methoxy groups -OCH3 is 2. The van der Waals surface area contributed by atoms with Gasteiger partial charge in [-0.05, 0) is 37.6 Å². The van der Waals surface area contributed by atoms with E-state index >= 15 is 0 Å². The summed E-state index contributed by atoms with van der Waals surface area (Å²) in [5.74, 6) is 1.54. The van der Waals surface area contributed by atoms with Gasteiger partial charge in [0.1, 0.15) is 0 Å². The van der Waals surface area contributed by atoms with Crippen LogP contribution in [0.3, 0.4) is 0 Å². The second-order valence-corrected chi connectivity index (χ2v) is 4.99. The molecular formula is C16H24ClN3O2. The largest absolute Gasteiger partial charge is 0.493 e. The molecule has 6 heteroatoms. The molecule has 0 atom stereocenters. The number of nitrogens with one attached hydrogen (secondary N) is 1. The van der Waals surface area contributed by atoms with Gasteiger partial charge in [0.2, 0.25) is 0 Å². The van der Waals surface area contributed by atoms with E-state index in [-0.39, 0.29) is 12.4 Å². The molecule has 1 aromatic carbocycles. The molecule has 0 saturated heterocycles. The molecule has 0 saturated carbocycles. The lowest BCUT2D eigenvalue weighted by molar-refractivity contribution is 0.354. The highest BCUT2D eigenvalue weighted by Crippen LogP contribution is 2.27. The molecule has 0 aliphatic rings. The van der Waals surface area contributed by atoms with Crippen molar-refractivity contribution < 1.29 is 9.47 Å². The van der Waals surface area contributed by atoms with Gasteiger partial charge >= 0.3 is 0 Å². The average molecular weight is 326 g/mol. The lowest BCUT2D eigenvalue weighted by Crippen LogP contribution is -2.17. The molecule has 1 heterocycles. The number of rotatable bonds is 7. The molecule has 22 heavy (non-hydrogen) atoms. The van der Waals surface area contributed by atoms with Crippen LogP contribution in [0.15, 0.2) is 24.4 Å². The van der Waals surface area contributed by atoms with Crippen molar-refractivity contribution in [3.05, 3.63) is 41.2 Å². The second kappa shape index (κ2) is 8.66. The fraction of sp³-hybridized carbons (Fsp3) is 0.438. The summed E-state index contributed by atoms with van der Waals surface area (Å²) in [4.78, 5) is 0. The SMILES string of the molecule is COc1ccc(CCNCc2cnn(C)c2C)cc1OC.Cl. The van der Waals surface area contributed by atoms with Crippen LogP contribution in [0, 0.1) is 6.92 Å². The fourth-order valence-electron chi connectivity index (χ4n) is 2.21. The molecule has 2 aromatic rings. The van der Waals surface area contributed by atoms with Gasteiger partial charge < -0.3 is 14.8 Å². The predicted octanol–water partition coefficient (Wildman–Crippen LogP) is 2.50. The van der Waals surface area contributed by atoms with Crippen molar-refractivity contribution in [1.82, 2.24) is 15.1 Å². The molecular weight excluding hydrogens is 302 g/mol. The predicted molar refractivity (Wildman–Crippen MR) is 90.1 cm³/mol. The maximum absolute atomic E-state index is 5.31. The molecule has 0 radical (unpaired) electrons. The Morgan fingerprint density at radius 1 is 1.18 bits per heavy atom. The van der Waals surface area contributed by atoms with Crippen molar-refractivity contribution in [2.75, 3.05) is 20.8 Å². The molecule has 0 amide bonds. The smallest absolute Gasteiger partial charge is 0.160 e. The van der Waals surface area contributed by atoms with E-state index in [1.807, 2.05) is 30.1 Å². The van der Waals surface area contributed by atoms with E-state index in [4.69, 9.17) is 9.47 Å². The van der Waals surface area contributed by atoms with Crippen LogP contribution >= 0.6 is 12.4 Å². The maximum Gasteiger partial charge on any atom is 0.160 e. The number of aryl methyl sites for hydroxylation is 1. The first-order valence-corrected chi connectivity index (χ1v) is 7.04. The third-order valence-electron chi connectivity index (χ3n) is 3.69. The summed E-state index contributed by atoms with van der Waals surface area (Å²) in [5, 5.41) is 7.69. The zero-order valence-electron chi connectivity index (χ0n) is 13.5. The standard InChI is InChI=1S/C16H23N3O2.ClH/c1-12-14(11-18-19(12)2)10-17-8-7-13-5-6-15(20-3)16(9-13)21-4;/h5-6,9,11,17H,7-8,10H2,1-4H3;1H. The van der Waals surface area contributed by atoms with Crippen LogP contribution in [0.25, 0.3) is 0 Å². The quantitative estimate of drug-likeness (QED) is 0.795. The molecule has 5 nitrogen and oxygen atoms in total. The summed E-state index contributed by atoms with van der Waals surface area (Å²) in [6.07, 6.45) is 2.86. The first-order valence-electron chi connectivity index (χ1n) is 7.04. The normalized spacial score (nSPS) is 10.2. The zero-order chi connectivity index (χ0) is 15.2. The van der Waals surface area contributed by atoms with Gasteiger partial charge in [-0.25, -0.2) is 0 Å². The van der Waals surface area contributed by atoms with Crippen molar-refractivity contribution in [3.8, 4) is 11.5 Å². The Bertz CT molecular complexity index is 599. The molecule has 0 spiro atoms. The van der Waals surface area contributed by atoms with Gasteiger partial charge in [-0.3, -0.25) is 4.68 Å². The third kappa shape index (κ3) is 4.39. The Kier molecular flexibility index (Phi) is 7.21. The summed E-state index contributed by atoms with van der Waals surface area (Å²) in [6, 6.07) is 6.04. The lowest BCUT2D eigenvalue weighted by Gasteiger charge is -2.10. The number of aromatic nitrogens is 2. The first kappa shape index (κ1) is 18.3. The third-order valence-corrected chi connectivity index (χ3v) is 3.69. The molecule has 2 rings (SSSR count). The molecule has 0 bridgehead atoms. The number of benzene rings is 1. The topological polar surface area (TPSA) is 48.3 Å². The van der Waals surface area contributed by atoms with Gasteiger partial charge in [0.05, 0.1) is 20.4 Å². The number of nitrogens with zero attached hydrogens (tertiary/aromatic N) is 2. The summed E-state index contributed by atoms with van der Waals surface area (Å²) >= 11 is 0. The monoisotopic (exact) mass is 325 g/mol. The lowest BCUT2D eigenvalue weighted by atomic mass is 10.1. The van der Waals surface area contributed by atoms with Gasteiger partial charge in [0.15, 0.2) is 11.5 Å². The van der Waals surface area contributed by atoms with Crippen molar-refractivity contribution in [1.29, 1.82) is 0 Å². The Hall–Kier alpha value is -1.72. The Balaban J connectivity index is 0.00000242. The molecule has 0 fully saturated rings. The number of halogens is 1. The van der Waals surface area contributed by atoms with Crippen LogP contribution in [0.2, 0.25) is 0 Å². The summed E-state index contributed by atoms with van der Waals surface area (Å²) in [6.45, 7) is 3.83. The van der Waals surface area contributed by atoms with Crippen LogP contribution in [-0.4, -0.2) is 30.5 Å². The molecule has 0 unspecified atom stereocenters. The highest BCUT2D eigenvalue weighted by Gasteiger charge is 2.05. The maximum atomic E-state index is 5.31. The minimum atomic E-state index is 0. The summed E-state index contributed by atoms with van der Waals surface area (Å²) in [7, 11) is 5.27. The second-order valence-electron chi connectivity index (χ2n) is 4.99. The highest BCUT2D eigenvalue weighted by molar-refractivity contribution is 5.85. The van der Waals surface area contributed by atoms with E-state index in [2.05, 4.69) is 23.4 Å². The Labute approximate surface area is 138 Å². The van der Waals surface area contributed by atoms with Crippen LogP contribution < -0.4 is 14.8 Å². The van der Waals surface area contributed by atoms with Crippen LogP contribution in [0.4, 0.5) is 0 Å². The van der Waals surface area contributed by atoms with Gasteiger partial charge in [-0.1, -0.05) is 6.07 Å². The molecule has 1 aromatic heterocycles. The zero-order valence-corrected chi connectivity index (χ0v) is 14.4. The van der Waals surface area contributed by atoms with E-state index in [9.17, 15) is 0 Å². The van der Waals surface area contributed by atoms with E-state index in [0.717, 1.165) is 31.0 Å². The van der Waals surface area contributed by atoms with Crippen LogP contribution in [0.1, 0.15) is 16.8 Å². The number of ether oxygens (including phenoxy) is 2. The van der Waals surface area contributed by atoms with Gasteiger partial charge in [0, 0.05) is 24.8 Å². The van der Waals surface area contributed by atoms with E-state index in [1.165, 1.54) is 16.8 Å². The average Bonchev–Trinajstić information content (AvgIpc) is 2.83. The van der Waals surface area contributed by atoms with Crippen molar-refractivity contribution in [3.63, 3.8) is 0 Å². The van der Waals surface area contributed by atoms with E-state index in [0.29, 0.717) is 0 Å². The molecule has 0 aliphatic carbocycles. The van der Waals surface area contributed by atoms with Gasteiger partial charge in [0.25, 0.3) is 0 Å². The molecule has 1 N–H and O–H groups in total. The van der Waals surface area contributed by atoms with Gasteiger partial charge in [-0.15, -0.1) is 12.4 Å². The number of hydrogen-bond donors (Lipinski definition) is 1. The van der Waals surface area contributed by atoms with Crippen molar-refractivity contribution >= 4 is 12.4 Å². The Morgan fingerprint density at radius 2 is 1.91 bits per heavy atom. The summed E-state index contributed by atoms with van der Waals surface area (Å²) < 4.78 is 12.4. The fourth-order valence-corrected chi connectivity index (χ4v) is 2.21. The molecule has 0 aliphatic heterocycles. The van der Waals surface area contributed by atoms with E-state index in [1.54, 1.807) is 14.2 Å². The van der Waals surface area contributed by atoms with Crippen molar-refractivity contribution in [2.24, 2.45) is 7.05 Å². The highest BCUT2D eigenvalue weighted by atomic mass is 35.5.